The van der Waals surface area contributed by atoms with Crippen molar-refractivity contribution in [2.75, 3.05) is 0 Å². The van der Waals surface area contributed by atoms with Gasteiger partial charge in [0.05, 0.1) is 26.6 Å². The Kier molecular flexibility index (Phi) is 2.96. The molecule has 2 aromatic carbocycles. The highest BCUT2D eigenvalue weighted by atomic mass is 35.5. The van der Waals surface area contributed by atoms with Gasteiger partial charge < -0.3 is 4.98 Å². The molecule has 0 fully saturated rings. The smallest absolute Gasteiger partial charge is 0.257 e. The summed E-state index contributed by atoms with van der Waals surface area (Å²) in [5.41, 5.74) is 2.12. The summed E-state index contributed by atoms with van der Waals surface area (Å²) in [4.78, 5) is 20.0. The summed E-state index contributed by atoms with van der Waals surface area (Å²) in [7, 11) is 0. The van der Waals surface area contributed by atoms with Gasteiger partial charge in [-0.1, -0.05) is 35.3 Å². The van der Waals surface area contributed by atoms with E-state index in [1.165, 1.54) is 10.6 Å². The van der Waals surface area contributed by atoms with Crippen LogP contribution in [0.1, 0.15) is 0 Å². The van der Waals surface area contributed by atoms with Gasteiger partial charge in [0.2, 0.25) is 5.95 Å². The van der Waals surface area contributed by atoms with Crippen LogP contribution in [-0.4, -0.2) is 14.5 Å². The largest absolute Gasteiger partial charge is 0.323 e. The summed E-state index contributed by atoms with van der Waals surface area (Å²) >= 11 is 12.1. The van der Waals surface area contributed by atoms with Crippen molar-refractivity contribution in [2.24, 2.45) is 0 Å². The molecule has 0 aliphatic heterocycles. The number of imidazole rings is 1. The molecule has 1 N–H and O–H groups in total. The zero-order chi connectivity index (χ0) is 15.3. The molecule has 0 saturated carbocycles. The first-order chi connectivity index (χ1) is 10.6. The van der Waals surface area contributed by atoms with Gasteiger partial charge in [-0.05, 0) is 30.3 Å². The van der Waals surface area contributed by atoms with Gasteiger partial charge in [-0.15, -0.1) is 0 Å². The van der Waals surface area contributed by atoms with Crippen molar-refractivity contribution in [3.05, 3.63) is 68.9 Å². The highest BCUT2D eigenvalue weighted by Crippen LogP contribution is 2.28. The Hall–Kier alpha value is -2.30. The monoisotopic (exact) mass is 329 g/mol. The van der Waals surface area contributed by atoms with Crippen molar-refractivity contribution < 1.29 is 0 Å². The van der Waals surface area contributed by atoms with E-state index >= 15 is 0 Å². The number of hydrogen-bond acceptors (Lipinski definition) is 2. The molecular formula is C16H9Cl2N3O. The third kappa shape index (κ3) is 2.00. The third-order valence-electron chi connectivity index (χ3n) is 3.53. The highest BCUT2D eigenvalue weighted by molar-refractivity contribution is 6.42. The maximum Gasteiger partial charge on any atom is 0.257 e. The maximum atomic E-state index is 12.3. The number of aromatic nitrogens is 3. The lowest BCUT2D eigenvalue weighted by Crippen LogP contribution is -2.18. The van der Waals surface area contributed by atoms with Gasteiger partial charge in [-0.3, -0.25) is 4.79 Å². The van der Waals surface area contributed by atoms with Crippen LogP contribution in [0.5, 0.6) is 0 Å². The second kappa shape index (κ2) is 4.87. The SMILES string of the molecule is O=c1ccc2cc(Cl)c(Cl)cc2n1-c1nc2ccccc2[nH]1. The Morgan fingerprint density at radius 3 is 2.59 bits per heavy atom. The van der Waals surface area contributed by atoms with E-state index in [1.54, 1.807) is 18.2 Å². The van der Waals surface area contributed by atoms with Gasteiger partial charge in [0.25, 0.3) is 5.56 Å². The molecule has 0 spiro atoms. The predicted octanol–water partition coefficient (Wildman–Crippen LogP) is 4.17. The molecule has 0 amide bonds. The van der Waals surface area contributed by atoms with Crippen molar-refractivity contribution in [1.29, 1.82) is 0 Å². The number of nitrogens with one attached hydrogen (secondary N) is 1. The number of para-hydroxylation sites is 2. The lowest BCUT2D eigenvalue weighted by atomic mass is 10.2. The average molecular weight is 330 g/mol. The van der Waals surface area contributed by atoms with Crippen LogP contribution in [0.15, 0.2) is 53.3 Å². The van der Waals surface area contributed by atoms with Gasteiger partial charge in [0.1, 0.15) is 0 Å². The second-order valence-corrected chi connectivity index (χ2v) is 5.72. The van der Waals surface area contributed by atoms with Crippen LogP contribution in [0.4, 0.5) is 0 Å². The number of fused-ring (bicyclic) bond motifs is 2. The molecule has 0 radical (unpaired) electrons. The molecule has 4 aromatic rings. The van der Waals surface area contributed by atoms with Crippen LogP contribution in [0.3, 0.4) is 0 Å². The molecule has 108 valence electrons. The minimum Gasteiger partial charge on any atom is -0.323 e. The fraction of sp³-hybridized carbons (Fsp3) is 0. The summed E-state index contributed by atoms with van der Waals surface area (Å²) in [6.07, 6.45) is 0. The third-order valence-corrected chi connectivity index (χ3v) is 4.25. The summed E-state index contributed by atoms with van der Waals surface area (Å²) in [6, 6.07) is 14.2. The number of benzene rings is 2. The first-order valence-corrected chi connectivity index (χ1v) is 7.35. The molecule has 4 rings (SSSR count). The van der Waals surface area contributed by atoms with E-state index in [9.17, 15) is 4.79 Å². The molecule has 0 bridgehead atoms. The molecular weight excluding hydrogens is 321 g/mol. The van der Waals surface area contributed by atoms with Crippen molar-refractivity contribution in [3.63, 3.8) is 0 Å². The molecule has 2 heterocycles. The molecule has 6 heteroatoms. The van der Waals surface area contributed by atoms with Gasteiger partial charge in [-0.25, -0.2) is 9.55 Å². The summed E-state index contributed by atoms with van der Waals surface area (Å²) in [6.45, 7) is 0. The van der Waals surface area contributed by atoms with E-state index in [0.717, 1.165) is 16.4 Å². The lowest BCUT2D eigenvalue weighted by molar-refractivity contribution is 0.960. The predicted molar refractivity (Wildman–Crippen MR) is 89.2 cm³/mol. The van der Waals surface area contributed by atoms with Crippen LogP contribution in [0.2, 0.25) is 10.0 Å². The van der Waals surface area contributed by atoms with Crippen LogP contribution >= 0.6 is 23.2 Å². The molecule has 4 nitrogen and oxygen atoms in total. The Balaban J connectivity index is 2.10. The quantitative estimate of drug-likeness (QED) is 0.569. The number of hydrogen-bond donors (Lipinski definition) is 1. The van der Waals surface area contributed by atoms with E-state index in [0.29, 0.717) is 21.5 Å². The van der Waals surface area contributed by atoms with Crippen molar-refractivity contribution in [1.82, 2.24) is 14.5 Å². The molecule has 0 aliphatic carbocycles. The van der Waals surface area contributed by atoms with Crippen molar-refractivity contribution in [2.45, 2.75) is 0 Å². The van der Waals surface area contributed by atoms with E-state index in [1.807, 2.05) is 24.3 Å². The minimum atomic E-state index is -0.190. The zero-order valence-electron chi connectivity index (χ0n) is 11.2. The standard InChI is InChI=1S/C16H9Cl2N3O/c17-10-7-9-5-6-15(22)21(14(9)8-11(10)18)16-19-12-3-1-2-4-13(12)20-16/h1-8H,(H,19,20). The molecule has 0 aliphatic rings. The minimum absolute atomic E-state index is 0.190. The maximum absolute atomic E-state index is 12.3. The van der Waals surface area contributed by atoms with E-state index < -0.39 is 0 Å². The van der Waals surface area contributed by atoms with E-state index in [2.05, 4.69) is 9.97 Å². The second-order valence-electron chi connectivity index (χ2n) is 4.91. The molecule has 0 atom stereocenters. The number of nitrogens with zero attached hydrogens (tertiary/aromatic N) is 2. The number of H-pyrrole nitrogens is 1. The summed E-state index contributed by atoms with van der Waals surface area (Å²) in [5.74, 6) is 0.454. The van der Waals surface area contributed by atoms with Gasteiger partial charge in [-0.2, -0.15) is 0 Å². The molecule has 2 aromatic heterocycles. The molecule has 0 unspecified atom stereocenters. The normalized spacial score (nSPS) is 11.4. The van der Waals surface area contributed by atoms with Crippen molar-refractivity contribution in [3.8, 4) is 5.95 Å². The topological polar surface area (TPSA) is 50.7 Å². The Morgan fingerprint density at radius 1 is 1.00 bits per heavy atom. The number of pyridine rings is 1. The lowest BCUT2D eigenvalue weighted by Gasteiger charge is -2.08. The van der Waals surface area contributed by atoms with E-state index in [-0.39, 0.29) is 5.56 Å². The number of rotatable bonds is 1. The highest BCUT2D eigenvalue weighted by Gasteiger charge is 2.11. The summed E-state index contributed by atoms with van der Waals surface area (Å²) in [5, 5.41) is 1.66. The van der Waals surface area contributed by atoms with Crippen LogP contribution in [0, 0.1) is 0 Å². The van der Waals surface area contributed by atoms with Gasteiger partial charge >= 0.3 is 0 Å². The molecule has 0 saturated heterocycles. The van der Waals surface area contributed by atoms with Crippen molar-refractivity contribution >= 4 is 45.1 Å². The average Bonchev–Trinajstić information content (AvgIpc) is 2.92. The van der Waals surface area contributed by atoms with E-state index in [4.69, 9.17) is 23.2 Å². The fourth-order valence-electron chi connectivity index (χ4n) is 2.50. The number of aromatic amines is 1. The van der Waals surface area contributed by atoms with Crippen LogP contribution in [-0.2, 0) is 0 Å². The number of halogens is 2. The van der Waals surface area contributed by atoms with Gasteiger partial charge in [0, 0.05) is 11.5 Å². The first kappa shape index (κ1) is 13.4. The Bertz CT molecular complexity index is 1050. The summed E-state index contributed by atoms with van der Waals surface area (Å²) < 4.78 is 1.50. The van der Waals surface area contributed by atoms with Crippen LogP contribution in [0.25, 0.3) is 27.9 Å². The first-order valence-electron chi connectivity index (χ1n) is 6.59. The Labute approximate surface area is 134 Å². The Morgan fingerprint density at radius 2 is 1.77 bits per heavy atom. The van der Waals surface area contributed by atoms with Crippen LogP contribution < -0.4 is 5.56 Å². The van der Waals surface area contributed by atoms with Gasteiger partial charge in [0.15, 0.2) is 0 Å². The fourth-order valence-corrected chi connectivity index (χ4v) is 2.83. The zero-order valence-corrected chi connectivity index (χ0v) is 12.7. The molecule has 22 heavy (non-hydrogen) atoms.